The van der Waals surface area contributed by atoms with Crippen LogP contribution in [0.4, 0.5) is 21.9 Å². The number of unbranched alkanes of at least 4 members (excludes halogenated alkanes) is 4. The number of aliphatic hydroxyl groups excluding tert-OH is 1. The number of carboxylic acid groups (broad SMARTS) is 1. The molecule has 0 bridgehead atoms. The van der Waals surface area contributed by atoms with E-state index in [1.807, 2.05) is 20.0 Å². The number of methoxy groups -OCH3 is 2. The third-order valence-corrected chi connectivity index (χ3v) is 16.9. The Morgan fingerprint density at radius 3 is 2.07 bits per heavy atom. The third-order valence-electron chi connectivity index (χ3n) is 15.6. The molecule has 5 heterocycles. The summed E-state index contributed by atoms with van der Waals surface area (Å²) in [7, 11) is 2.95. The van der Waals surface area contributed by atoms with E-state index in [9.17, 15) is 48.3 Å². The summed E-state index contributed by atoms with van der Waals surface area (Å²) in [6.45, 7) is 9.28. The lowest BCUT2D eigenvalue weighted by molar-refractivity contribution is -0.139. The summed E-state index contributed by atoms with van der Waals surface area (Å²) >= 11 is 1.05. The van der Waals surface area contributed by atoms with Gasteiger partial charge >= 0.3 is 12.1 Å². The number of nitrogens with one attached hydrogen (secondary N) is 3. The molecule has 0 radical (unpaired) electrons. The Hall–Kier alpha value is -8.49. The number of rotatable bonds is 28. The van der Waals surface area contributed by atoms with E-state index in [2.05, 4.69) is 20.9 Å². The standard InChI is InChI=1S/C62H77N9O16S/c1-34(2)54(67-52(72)14-10-8-11-19-68-53(73)28-51(60(68)79)88-33-43(63)61(80)81)56(75)65-37(5)55(74)66-39-17-15-38(16-18-39)32-87-62(82)71-45-27-50(48(84-7)25-42(45)58(77)70-31-36(4)23-46(70)59(71)78)86-21-13-9-12-20-85-49-26-44-41(24-47(49)83-6)57(76)69-30-35(3)22-40(69)29-64-44/h15-18,24-27,29-31,34,37,40,43,46,51,54,59,78H,8-14,19-23,28,32-33,63H2,1-7H3,(H,65,75)(H,66,74)(H,67,72)(H,80,81)/t37-,40-,43-,46-,51?,54-,59-/m0/s1. The fourth-order valence-electron chi connectivity index (χ4n) is 10.8. The molecule has 0 aromatic heterocycles. The van der Waals surface area contributed by atoms with Crippen molar-refractivity contribution in [3.63, 3.8) is 0 Å². The highest BCUT2D eigenvalue weighted by Gasteiger charge is 2.46. The van der Waals surface area contributed by atoms with Gasteiger partial charge in [-0.25, -0.2) is 9.69 Å². The van der Waals surface area contributed by atoms with Crippen LogP contribution in [-0.4, -0.2) is 166 Å². The molecule has 472 valence electrons. The topological polar surface area (TPSA) is 328 Å². The number of carbonyl (C=O) groups is 9. The first-order valence-electron chi connectivity index (χ1n) is 29.4. The normalized spacial score (nSPS) is 19.5. The van der Waals surface area contributed by atoms with Crippen molar-refractivity contribution in [3.8, 4) is 23.0 Å². The number of nitrogens with two attached hydrogens (primary N) is 1. The molecule has 7 N–H and O–H groups in total. The maximum atomic E-state index is 14.2. The van der Waals surface area contributed by atoms with Crippen molar-refractivity contribution in [2.45, 2.75) is 147 Å². The second kappa shape index (κ2) is 29.5. The predicted octanol–water partition coefficient (Wildman–Crippen LogP) is 6.18. The largest absolute Gasteiger partial charge is 0.493 e. The molecule has 3 aromatic carbocycles. The van der Waals surface area contributed by atoms with Gasteiger partial charge in [0.05, 0.1) is 67.3 Å². The first-order valence-corrected chi connectivity index (χ1v) is 30.4. The van der Waals surface area contributed by atoms with E-state index in [0.29, 0.717) is 85.6 Å². The van der Waals surface area contributed by atoms with Crippen LogP contribution in [0, 0.1) is 5.92 Å². The highest BCUT2D eigenvalue weighted by Crippen LogP contribution is 2.43. The van der Waals surface area contributed by atoms with E-state index in [-0.39, 0.29) is 96.7 Å². The molecule has 0 spiro atoms. The van der Waals surface area contributed by atoms with Gasteiger partial charge in [-0.1, -0.05) is 43.5 Å². The van der Waals surface area contributed by atoms with Crippen molar-refractivity contribution in [2.24, 2.45) is 16.6 Å². The second-order valence-corrected chi connectivity index (χ2v) is 23.9. The number of fused-ring (bicyclic) bond motifs is 4. The van der Waals surface area contributed by atoms with Crippen molar-refractivity contribution in [1.29, 1.82) is 0 Å². The number of aliphatic imine (C=N–C) groups is 1. The van der Waals surface area contributed by atoms with Gasteiger partial charge in [0.25, 0.3) is 11.8 Å². The average Bonchev–Trinajstić information content (AvgIpc) is 1.98. The molecule has 25 nitrogen and oxygen atoms in total. The minimum absolute atomic E-state index is 0.00293. The van der Waals surface area contributed by atoms with Gasteiger partial charge in [0, 0.05) is 61.6 Å². The summed E-state index contributed by atoms with van der Waals surface area (Å²) in [6.07, 6.45) is 7.17. The Morgan fingerprint density at radius 2 is 1.40 bits per heavy atom. The number of hydrogen-bond acceptors (Lipinski definition) is 18. The number of amides is 8. The maximum absolute atomic E-state index is 14.2. The number of carboxylic acids is 1. The lowest BCUT2D eigenvalue weighted by atomic mass is 10.0. The lowest BCUT2D eigenvalue weighted by Crippen LogP contribution is -2.53. The fourth-order valence-corrected chi connectivity index (χ4v) is 11.9. The Labute approximate surface area is 514 Å². The number of likely N-dealkylation sites (tertiary alicyclic amines) is 1. The van der Waals surface area contributed by atoms with E-state index in [1.165, 1.54) is 38.2 Å². The SMILES string of the molecule is COc1cc2c(cc1OCCCCCOc1cc3c(cc1OC)C(=O)N1C=C(C)C[C@H]1[C@H](O)N3C(=O)OCc1ccc(NC(=O)[C@H](C)NC(=O)[C@@H](NC(=O)CCCCCN3C(=O)CC(SC[C@H](N)C(=O)O)C3=O)C(C)C)cc1)N=C[C@@H]1CC(C)=CN1C2=O. The Kier molecular flexibility index (Phi) is 21.9. The van der Waals surface area contributed by atoms with Crippen LogP contribution in [0.15, 0.2) is 77.1 Å². The molecule has 5 aliphatic rings. The van der Waals surface area contributed by atoms with Gasteiger partial charge in [-0.05, 0) is 101 Å². The molecule has 0 aliphatic carbocycles. The van der Waals surface area contributed by atoms with Crippen LogP contribution in [0.2, 0.25) is 0 Å². The number of anilines is 2. The lowest BCUT2D eigenvalue weighted by Gasteiger charge is -2.31. The van der Waals surface area contributed by atoms with E-state index < -0.39 is 65.4 Å². The zero-order valence-corrected chi connectivity index (χ0v) is 51.2. The predicted molar refractivity (Wildman–Crippen MR) is 325 cm³/mol. The Balaban J connectivity index is 0.802. The van der Waals surface area contributed by atoms with Crippen LogP contribution in [0.5, 0.6) is 23.0 Å². The quantitative estimate of drug-likeness (QED) is 0.0349. The van der Waals surface area contributed by atoms with Gasteiger partial charge in [0.1, 0.15) is 24.7 Å². The zero-order valence-electron chi connectivity index (χ0n) is 50.4. The highest BCUT2D eigenvalue weighted by atomic mass is 32.2. The van der Waals surface area contributed by atoms with E-state index in [4.69, 9.17) is 34.5 Å². The summed E-state index contributed by atoms with van der Waals surface area (Å²) in [6, 6.07) is 8.67. The van der Waals surface area contributed by atoms with Crippen molar-refractivity contribution in [3.05, 3.63) is 88.8 Å². The molecule has 26 heteroatoms. The van der Waals surface area contributed by atoms with Crippen LogP contribution >= 0.6 is 11.8 Å². The summed E-state index contributed by atoms with van der Waals surface area (Å²) in [4.78, 5) is 128. The number of nitrogens with zero attached hydrogens (tertiary/aromatic N) is 5. The fraction of sp³-hybridized carbons (Fsp3) is 0.484. The number of ether oxygens (including phenoxy) is 5. The molecule has 1 unspecified atom stereocenters. The maximum Gasteiger partial charge on any atom is 0.416 e. The van der Waals surface area contributed by atoms with Crippen molar-refractivity contribution in [1.82, 2.24) is 25.3 Å². The van der Waals surface area contributed by atoms with Crippen LogP contribution < -0.4 is 45.5 Å². The molecule has 7 atom stereocenters. The van der Waals surface area contributed by atoms with Gasteiger partial charge < -0.3 is 65.4 Å². The van der Waals surface area contributed by atoms with Gasteiger partial charge in [-0.3, -0.25) is 48.2 Å². The summed E-state index contributed by atoms with van der Waals surface area (Å²) in [5.74, 6) is -3.04. The molecule has 88 heavy (non-hydrogen) atoms. The number of aliphatic carboxylic acids is 1. The molecular weight excluding hydrogens is 1160 g/mol. The molecule has 0 saturated carbocycles. The number of carbonyl (C=O) groups excluding carboxylic acids is 8. The number of benzene rings is 3. The summed E-state index contributed by atoms with van der Waals surface area (Å²) in [5, 5.41) is 28.4. The molecular formula is C62H77N9O16S. The Morgan fingerprint density at radius 1 is 0.761 bits per heavy atom. The van der Waals surface area contributed by atoms with Crippen molar-refractivity contribution in [2.75, 3.05) is 49.9 Å². The first kappa shape index (κ1) is 65.5. The van der Waals surface area contributed by atoms with E-state index >= 15 is 0 Å². The molecule has 3 aromatic rings. The monoisotopic (exact) mass is 1240 g/mol. The number of aliphatic hydroxyl groups is 1. The van der Waals surface area contributed by atoms with Gasteiger partial charge in [-0.15, -0.1) is 11.8 Å². The van der Waals surface area contributed by atoms with Crippen molar-refractivity contribution >= 4 is 88.5 Å². The zero-order chi connectivity index (χ0) is 63.5. The molecule has 8 rings (SSSR count). The first-order chi connectivity index (χ1) is 42.1. The molecule has 1 fully saturated rings. The minimum Gasteiger partial charge on any atom is -0.493 e. The summed E-state index contributed by atoms with van der Waals surface area (Å²) in [5.41, 5.74) is 9.41. The number of hydrogen-bond donors (Lipinski definition) is 6. The summed E-state index contributed by atoms with van der Waals surface area (Å²) < 4.78 is 29.4. The second-order valence-electron chi connectivity index (χ2n) is 22.7. The van der Waals surface area contributed by atoms with Crippen LogP contribution in [0.3, 0.4) is 0 Å². The van der Waals surface area contributed by atoms with E-state index in [1.54, 1.807) is 67.6 Å². The van der Waals surface area contributed by atoms with Crippen LogP contribution in [0.25, 0.3) is 0 Å². The molecule has 8 amide bonds. The number of thioether (sulfide) groups is 1. The van der Waals surface area contributed by atoms with Crippen molar-refractivity contribution < 1.29 is 77.0 Å². The molecule has 5 aliphatic heterocycles. The smallest absolute Gasteiger partial charge is 0.416 e. The average molecular weight is 1240 g/mol. The van der Waals surface area contributed by atoms with Gasteiger partial charge in [0.15, 0.2) is 29.2 Å². The van der Waals surface area contributed by atoms with E-state index in [0.717, 1.165) is 39.1 Å². The van der Waals surface area contributed by atoms with Crippen LogP contribution in [0.1, 0.15) is 125 Å². The van der Waals surface area contributed by atoms with Gasteiger partial charge in [0.2, 0.25) is 29.5 Å². The minimum atomic E-state index is -1.53. The number of imide groups is 1. The molecule has 1 saturated heterocycles. The Bertz CT molecular complexity index is 3260. The van der Waals surface area contributed by atoms with Crippen LogP contribution in [-0.2, 0) is 40.1 Å². The van der Waals surface area contributed by atoms with Gasteiger partial charge in [-0.2, -0.15) is 0 Å². The third kappa shape index (κ3) is 15.6. The highest BCUT2D eigenvalue weighted by molar-refractivity contribution is 8.00.